The van der Waals surface area contributed by atoms with Crippen LogP contribution in [0, 0.1) is 11.1 Å². The fourth-order valence-electron chi connectivity index (χ4n) is 5.51. The first-order chi connectivity index (χ1) is 13.1. The van der Waals surface area contributed by atoms with Gasteiger partial charge in [0.2, 0.25) is 0 Å². The van der Waals surface area contributed by atoms with Crippen LogP contribution in [0.3, 0.4) is 0 Å². The predicted molar refractivity (Wildman–Crippen MR) is 102 cm³/mol. The molecule has 0 bridgehead atoms. The first kappa shape index (κ1) is 21.1. The van der Waals surface area contributed by atoms with Crippen LogP contribution in [0.2, 0.25) is 0 Å². The zero-order valence-corrected chi connectivity index (χ0v) is 16.8. The molecule has 3 fully saturated rings. The van der Waals surface area contributed by atoms with Crippen molar-refractivity contribution in [2.24, 2.45) is 5.92 Å². The molecule has 27 heavy (non-hydrogen) atoms. The molecule has 7 heteroatoms. The highest BCUT2D eigenvalue weighted by Crippen LogP contribution is 2.26. The number of hydroxylamine groups is 2. The lowest BCUT2D eigenvalue weighted by atomic mass is 9.81. The summed E-state index contributed by atoms with van der Waals surface area (Å²) < 4.78 is 5.63. The highest BCUT2D eigenvalue weighted by molar-refractivity contribution is 5.82. The lowest BCUT2D eigenvalue weighted by molar-refractivity contribution is -1.07. The normalized spacial score (nSPS) is 39.1. The van der Waals surface area contributed by atoms with E-state index in [4.69, 9.17) is 4.74 Å². The SMILES string of the molecule is CCOC1CCC(C(=O)C[NH+]2CCCCC2C2CCCCN2)CC1[NH+]([O-])O. The van der Waals surface area contributed by atoms with Crippen LogP contribution in [-0.2, 0) is 9.53 Å². The van der Waals surface area contributed by atoms with E-state index in [0.29, 0.717) is 38.1 Å². The summed E-state index contributed by atoms with van der Waals surface area (Å²) in [6, 6.07) is 0.542. The molecule has 4 N–H and O–H groups in total. The van der Waals surface area contributed by atoms with Crippen molar-refractivity contribution in [1.82, 2.24) is 5.32 Å². The summed E-state index contributed by atoms with van der Waals surface area (Å²) >= 11 is 0. The summed E-state index contributed by atoms with van der Waals surface area (Å²) in [4.78, 5) is 14.5. The van der Waals surface area contributed by atoms with Crippen LogP contribution < -0.4 is 15.4 Å². The van der Waals surface area contributed by atoms with Gasteiger partial charge in [-0.05, 0) is 52.0 Å². The molecule has 2 saturated heterocycles. The molecule has 0 aromatic carbocycles. The molecule has 156 valence electrons. The summed E-state index contributed by atoms with van der Waals surface area (Å²) in [5.74, 6) is 0.158. The standard InChI is InChI=1S/C20H37N3O4/c1-2-27-20-10-9-15(13-18(20)23(25)26)19(24)14-22-12-6-4-8-17(22)16-7-3-5-11-21-16/h15-18,20-21,23,25H,2-14H2,1H3/p+1. The molecule has 1 saturated carbocycles. The second kappa shape index (κ2) is 10.3. The number of quaternary nitrogens is 2. The molecule has 0 aromatic heterocycles. The summed E-state index contributed by atoms with van der Waals surface area (Å²) in [6.45, 7) is 5.17. The zero-order chi connectivity index (χ0) is 19.2. The number of ether oxygens (including phenoxy) is 1. The van der Waals surface area contributed by atoms with Crippen LogP contribution >= 0.6 is 0 Å². The van der Waals surface area contributed by atoms with E-state index in [2.05, 4.69) is 5.32 Å². The van der Waals surface area contributed by atoms with Gasteiger partial charge >= 0.3 is 0 Å². The van der Waals surface area contributed by atoms with Crippen molar-refractivity contribution in [1.29, 1.82) is 0 Å². The number of carbonyl (C=O) groups excluding carboxylic acids is 1. The van der Waals surface area contributed by atoms with Crippen molar-refractivity contribution in [2.45, 2.75) is 88.9 Å². The molecule has 7 unspecified atom stereocenters. The molecule has 0 amide bonds. The van der Waals surface area contributed by atoms with E-state index in [0.717, 1.165) is 19.5 Å². The smallest absolute Gasteiger partial charge is 0.190 e. The summed E-state index contributed by atoms with van der Waals surface area (Å²) in [5.41, 5.74) is 0. The maximum atomic E-state index is 13.1. The molecular weight excluding hydrogens is 346 g/mol. The van der Waals surface area contributed by atoms with Gasteiger partial charge in [-0.1, -0.05) is 6.42 Å². The molecule has 2 aliphatic heterocycles. The van der Waals surface area contributed by atoms with Crippen molar-refractivity contribution in [3.05, 3.63) is 5.21 Å². The van der Waals surface area contributed by atoms with Crippen molar-refractivity contribution in [2.75, 3.05) is 26.2 Å². The number of piperidine rings is 2. The largest absolute Gasteiger partial charge is 0.600 e. The quantitative estimate of drug-likeness (QED) is 0.444. The Kier molecular flexibility index (Phi) is 8.05. The Morgan fingerprint density at radius 2 is 2.04 bits per heavy atom. The fourth-order valence-corrected chi connectivity index (χ4v) is 5.51. The van der Waals surface area contributed by atoms with E-state index in [1.165, 1.54) is 43.4 Å². The Morgan fingerprint density at radius 1 is 1.22 bits per heavy atom. The van der Waals surface area contributed by atoms with Crippen molar-refractivity contribution >= 4 is 5.78 Å². The fraction of sp³-hybridized carbons (Fsp3) is 0.950. The Balaban J connectivity index is 1.58. The third-order valence-corrected chi connectivity index (χ3v) is 6.96. The van der Waals surface area contributed by atoms with E-state index < -0.39 is 11.3 Å². The van der Waals surface area contributed by atoms with Gasteiger partial charge in [0.15, 0.2) is 5.78 Å². The van der Waals surface area contributed by atoms with Crippen molar-refractivity contribution < 1.29 is 24.9 Å². The first-order valence-corrected chi connectivity index (χ1v) is 11.0. The van der Waals surface area contributed by atoms with Gasteiger partial charge in [0.25, 0.3) is 0 Å². The number of ketones is 1. The van der Waals surface area contributed by atoms with Gasteiger partial charge in [0.05, 0.1) is 12.6 Å². The van der Waals surface area contributed by atoms with Gasteiger partial charge in [-0.2, -0.15) is 0 Å². The lowest BCUT2D eigenvalue weighted by Crippen LogP contribution is -3.19. The van der Waals surface area contributed by atoms with Gasteiger partial charge in [0, 0.05) is 25.4 Å². The number of likely N-dealkylation sites (tertiary alicyclic amines) is 1. The number of hydrogen-bond acceptors (Lipinski definition) is 5. The Labute approximate surface area is 162 Å². The third kappa shape index (κ3) is 5.49. The molecule has 0 radical (unpaired) electrons. The van der Waals surface area contributed by atoms with Crippen LogP contribution in [0.1, 0.15) is 64.7 Å². The maximum Gasteiger partial charge on any atom is 0.190 e. The minimum Gasteiger partial charge on any atom is -0.600 e. The molecule has 0 spiro atoms. The number of hydrogen-bond donors (Lipinski definition) is 4. The highest BCUT2D eigenvalue weighted by atomic mass is 16.8. The number of nitrogens with one attached hydrogen (secondary N) is 3. The minimum absolute atomic E-state index is 0.114. The van der Waals surface area contributed by atoms with E-state index >= 15 is 0 Å². The average molecular weight is 385 g/mol. The first-order valence-electron chi connectivity index (χ1n) is 11.0. The second-order valence-electron chi connectivity index (χ2n) is 8.66. The Hall–Kier alpha value is -0.570. The van der Waals surface area contributed by atoms with Crippen LogP contribution in [0.5, 0.6) is 0 Å². The molecule has 7 nitrogen and oxygen atoms in total. The van der Waals surface area contributed by atoms with Crippen LogP contribution in [-0.4, -0.2) is 61.5 Å². The van der Waals surface area contributed by atoms with E-state index in [-0.39, 0.29) is 17.8 Å². The number of Topliss-reactive ketones (excluding diaryl/α,β-unsaturated/α-hetero) is 1. The van der Waals surface area contributed by atoms with Crippen LogP contribution in [0.25, 0.3) is 0 Å². The van der Waals surface area contributed by atoms with Crippen molar-refractivity contribution in [3.63, 3.8) is 0 Å². The minimum atomic E-state index is -0.819. The van der Waals surface area contributed by atoms with Crippen LogP contribution in [0.15, 0.2) is 0 Å². The van der Waals surface area contributed by atoms with Crippen LogP contribution in [0.4, 0.5) is 0 Å². The average Bonchev–Trinajstić information content (AvgIpc) is 2.69. The molecule has 2 heterocycles. The summed E-state index contributed by atoms with van der Waals surface area (Å²) in [7, 11) is 0. The molecule has 0 aromatic rings. The van der Waals surface area contributed by atoms with Gasteiger partial charge in [-0.15, -0.1) is 0 Å². The highest BCUT2D eigenvalue weighted by Gasteiger charge is 2.41. The van der Waals surface area contributed by atoms with E-state index in [9.17, 15) is 15.2 Å². The Morgan fingerprint density at radius 3 is 2.74 bits per heavy atom. The van der Waals surface area contributed by atoms with E-state index in [1.807, 2.05) is 6.92 Å². The monoisotopic (exact) mass is 384 g/mol. The van der Waals surface area contributed by atoms with Gasteiger partial charge in [-0.25, -0.2) is 10.4 Å². The topological polar surface area (TPSA) is 90.5 Å². The predicted octanol–water partition coefficient (Wildman–Crippen LogP) is -0.519. The third-order valence-electron chi connectivity index (χ3n) is 6.96. The van der Waals surface area contributed by atoms with Crippen molar-refractivity contribution in [3.8, 4) is 0 Å². The molecular formula is C20H38N3O4+. The zero-order valence-electron chi connectivity index (χ0n) is 16.8. The number of carbonyl (C=O) groups is 1. The molecule has 3 rings (SSSR count). The summed E-state index contributed by atoms with van der Waals surface area (Å²) in [6.07, 6.45) is 9.10. The van der Waals surface area contributed by atoms with Gasteiger partial charge in [0.1, 0.15) is 24.7 Å². The van der Waals surface area contributed by atoms with E-state index in [1.54, 1.807) is 0 Å². The number of rotatable bonds is 7. The summed E-state index contributed by atoms with van der Waals surface area (Å²) in [5, 5.41) is 24.1. The second-order valence-corrected chi connectivity index (χ2v) is 8.66. The maximum absolute atomic E-state index is 13.1. The molecule has 7 atom stereocenters. The molecule has 1 aliphatic carbocycles. The lowest BCUT2D eigenvalue weighted by Gasteiger charge is -2.40. The Bertz CT molecular complexity index is 470. The van der Waals surface area contributed by atoms with Gasteiger partial charge in [-0.3, -0.25) is 4.79 Å². The van der Waals surface area contributed by atoms with Gasteiger partial charge < -0.3 is 20.2 Å². The molecule has 3 aliphatic rings.